The minimum absolute atomic E-state index is 0.0729. The third kappa shape index (κ3) is 4.41. The molecule has 1 saturated heterocycles. The summed E-state index contributed by atoms with van der Waals surface area (Å²) < 4.78 is 41.8. The van der Waals surface area contributed by atoms with E-state index in [9.17, 15) is 8.42 Å². The Balaban J connectivity index is 1.86. The molecule has 0 radical (unpaired) electrons. The molecule has 28 heavy (non-hydrogen) atoms. The van der Waals surface area contributed by atoms with Crippen LogP contribution in [-0.4, -0.2) is 57.8 Å². The summed E-state index contributed by atoms with van der Waals surface area (Å²) in [4.78, 5) is 2.43. The van der Waals surface area contributed by atoms with E-state index in [4.69, 9.17) is 9.47 Å². The summed E-state index contributed by atoms with van der Waals surface area (Å²) in [6.45, 7) is 6.95. The molecule has 2 heterocycles. The standard InChI is InChI=1S/C20H29N3O4S/c1-15-12-19(26-4)20(13-16(15)2)28(24,25)21-14-18(17-6-5-7-22(17)3)23-8-10-27-11-9-23/h5-7,12-13,18,21H,8-11,14H2,1-4H3. The van der Waals surface area contributed by atoms with E-state index in [2.05, 4.69) is 9.62 Å². The number of sulfonamides is 1. The lowest BCUT2D eigenvalue weighted by atomic mass is 10.1. The fourth-order valence-corrected chi connectivity index (χ4v) is 4.80. The van der Waals surface area contributed by atoms with Crippen LogP contribution in [0.1, 0.15) is 22.9 Å². The van der Waals surface area contributed by atoms with Gasteiger partial charge in [-0.05, 0) is 49.2 Å². The largest absolute Gasteiger partial charge is 0.495 e. The van der Waals surface area contributed by atoms with Crippen LogP contribution < -0.4 is 9.46 Å². The molecule has 2 aromatic rings. The molecule has 154 valence electrons. The monoisotopic (exact) mass is 407 g/mol. The van der Waals surface area contributed by atoms with Gasteiger partial charge in [-0.1, -0.05) is 0 Å². The summed E-state index contributed by atoms with van der Waals surface area (Å²) >= 11 is 0. The fourth-order valence-electron chi connectivity index (χ4n) is 3.53. The van der Waals surface area contributed by atoms with E-state index in [1.165, 1.54) is 7.11 Å². The minimum Gasteiger partial charge on any atom is -0.495 e. The lowest BCUT2D eigenvalue weighted by Gasteiger charge is -2.35. The molecule has 1 aromatic heterocycles. The van der Waals surface area contributed by atoms with Crippen LogP contribution in [0.25, 0.3) is 0 Å². The average molecular weight is 408 g/mol. The van der Waals surface area contributed by atoms with Crippen LogP contribution in [0.15, 0.2) is 35.4 Å². The molecule has 8 heteroatoms. The van der Waals surface area contributed by atoms with Gasteiger partial charge in [0.2, 0.25) is 10.0 Å². The SMILES string of the molecule is COc1cc(C)c(C)cc1S(=O)(=O)NCC(c1cccn1C)N1CCOCC1. The van der Waals surface area contributed by atoms with Gasteiger partial charge in [-0.2, -0.15) is 0 Å². The lowest BCUT2D eigenvalue weighted by Crippen LogP contribution is -2.44. The Labute approximate surface area is 167 Å². The highest BCUT2D eigenvalue weighted by Crippen LogP contribution is 2.28. The van der Waals surface area contributed by atoms with Gasteiger partial charge in [0.05, 0.1) is 26.4 Å². The molecule has 1 aliphatic heterocycles. The summed E-state index contributed by atoms with van der Waals surface area (Å²) in [5, 5.41) is 0. The minimum atomic E-state index is -3.72. The number of hydrogen-bond donors (Lipinski definition) is 1. The van der Waals surface area contributed by atoms with Gasteiger partial charge in [0, 0.05) is 38.6 Å². The molecule has 0 bridgehead atoms. The zero-order valence-corrected chi connectivity index (χ0v) is 17.8. The number of aromatic nitrogens is 1. The first kappa shape index (κ1) is 20.9. The Morgan fingerprint density at radius 2 is 1.89 bits per heavy atom. The number of ether oxygens (including phenoxy) is 2. The fraction of sp³-hybridized carbons (Fsp3) is 0.500. The molecule has 1 atom stereocenters. The van der Waals surface area contributed by atoms with Crippen LogP contribution >= 0.6 is 0 Å². The Hall–Kier alpha value is -1.87. The van der Waals surface area contributed by atoms with E-state index < -0.39 is 10.0 Å². The molecule has 1 fully saturated rings. The van der Waals surface area contributed by atoms with Crippen LogP contribution in [0.3, 0.4) is 0 Å². The summed E-state index contributed by atoms with van der Waals surface area (Å²) in [5.74, 6) is 0.359. The Bertz CT molecular complexity index is 918. The second kappa shape index (κ2) is 8.65. The quantitative estimate of drug-likeness (QED) is 0.760. The second-order valence-corrected chi connectivity index (χ2v) is 8.88. The normalized spacial score (nSPS) is 16.9. The first-order chi connectivity index (χ1) is 13.3. The van der Waals surface area contributed by atoms with Gasteiger partial charge in [0.15, 0.2) is 0 Å². The molecule has 1 N–H and O–H groups in total. The van der Waals surface area contributed by atoms with Gasteiger partial charge in [0.25, 0.3) is 0 Å². The lowest BCUT2D eigenvalue weighted by molar-refractivity contribution is 0.0158. The third-order valence-corrected chi connectivity index (χ3v) is 6.79. The average Bonchev–Trinajstić information content (AvgIpc) is 3.10. The van der Waals surface area contributed by atoms with Crippen molar-refractivity contribution in [2.75, 3.05) is 40.0 Å². The number of nitrogens with zero attached hydrogens (tertiary/aromatic N) is 2. The van der Waals surface area contributed by atoms with Crippen LogP contribution in [-0.2, 0) is 21.8 Å². The van der Waals surface area contributed by atoms with Crippen molar-refractivity contribution in [3.8, 4) is 5.75 Å². The maximum Gasteiger partial charge on any atom is 0.244 e. The smallest absolute Gasteiger partial charge is 0.244 e. The Morgan fingerprint density at radius 1 is 1.21 bits per heavy atom. The van der Waals surface area contributed by atoms with Crippen LogP contribution in [0.2, 0.25) is 0 Å². The number of methoxy groups -OCH3 is 1. The molecule has 0 spiro atoms. The summed E-state index contributed by atoms with van der Waals surface area (Å²) in [7, 11) is -0.257. The molecule has 1 aliphatic rings. The van der Waals surface area contributed by atoms with Gasteiger partial charge in [-0.3, -0.25) is 4.90 Å². The summed E-state index contributed by atoms with van der Waals surface area (Å²) in [6, 6.07) is 7.37. The van der Waals surface area contributed by atoms with Crippen molar-refractivity contribution in [3.63, 3.8) is 0 Å². The third-order valence-electron chi connectivity index (χ3n) is 5.35. The molecule has 0 amide bonds. The van der Waals surface area contributed by atoms with Gasteiger partial charge in [-0.25, -0.2) is 13.1 Å². The number of rotatable bonds is 7. The zero-order valence-electron chi connectivity index (χ0n) is 16.9. The molecular weight excluding hydrogens is 378 g/mol. The first-order valence-electron chi connectivity index (χ1n) is 9.41. The highest BCUT2D eigenvalue weighted by molar-refractivity contribution is 7.89. The molecule has 7 nitrogen and oxygen atoms in total. The summed E-state index contributed by atoms with van der Waals surface area (Å²) in [5.41, 5.74) is 2.97. The van der Waals surface area contributed by atoms with Gasteiger partial charge < -0.3 is 14.0 Å². The topological polar surface area (TPSA) is 72.8 Å². The van der Waals surface area contributed by atoms with E-state index >= 15 is 0 Å². The van der Waals surface area contributed by atoms with Crippen molar-refractivity contribution in [1.82, 2.24) is 14.2 Å². The molecule has 0 aliphatic carbocycles. The van der Waals surface area contributed by atoms with Crippen molar-refractivity contribution >= 4 is 10.0 Å². The highest BCUT2D eigenvalue weighted by Gasteiger charge is 2.28. The molecule has 3 rings (SSSR count). The molecule has 0 saturated carbocycles. The van der Waals surface area contributed by atoms with Gasteiger partial charge in [-0.15, -0.1) is 0 Å². The Kier molecular flexibility index (Phi) is 6.44. The van der Waals surface area contributed by atoms with Crippen LogP contribution in [0.5, 0.6) is 5.75 Å². The van der Waals surface area contributed by atoms with Gasteiger partial charge >= 0.3 is 0 Å². The van der Waals surface area contributed by atoms with Crippen molar-refractivity contribution in [2.45, 2.75) is 24.8 Å². The number of nitrogens with one attached hydrogen (secondary N) is 1. The molecule has 1 aromatic carbocycles. The van der Waals surface area contributed by atoms with E-state index in [0.29, 0.717) is 19.0 Å². The number of hydrogen-bond acceptors (Lipinski definition) is 5. The van der Waals surface area contributed by atoms with E-state index in [1.807, 2.05) is 43.8 Å². The van der Waals surface area contributed by atoms with Crippen molar-refractivity contribution in [2.24, 2.45) is 7.05 Å². The number of aryl methyl sites for hydroxylation is 3. The molecular formula is C20H29N3O4S. The van der Waals surface area contributed by atoms with Gasteiger partial charge in [0.1, 0.15) is 10.6 Å². The second-order valence-electron chi connectivity index (χ2n) is 7.15. The van der Waals surface area contributed by atoms with Crippen molar-refractivity contribution < 1.29 is 17.9 Å². The summed E-state index contributed by atoms with van der Waals surface area (Å²) in [6.07, 6.45) is 1.98. The maximum absolute atomic E-state index is 13.1. The molecule has 1 unspecified atom stereocenters. The zero-order chi connectivity index (χ0) is 20.3. The van der Waals surface area contributed by atoms with Crippen molar-refractivity contribution in [3.05, 3.63) is 47.3 Å². The Morgan fingerprint density at radius 3 is 2.50 bits per heavy atom. The highest BCUT2D eigenvalue weighted by atomic mass is 32.2. The predicted octanol–water partition coefficient (Wildman–Crippen LogP) is 2.00. The first-order valence-corrected chi connectivity index (χ1v) is 10.9. The number of benzene rings is 1. The predicted molar refractivity (Wildman–Crippen MR) is 108 cm³/mol. The van der Waals surface area contributed by atoms with Crippen LogP contribution in [0, 0.1) is 13.8 Å². The van der Waals surface area contributed by atoms with Crippen molar-refractivity contribution in [1.29, 1.82) is 0 Å². The number of morpholine rings is 1. The van der Waals surface area contributed by atoms with Crippen LogP contribution in [0.4, 0.5) is 0 Å². The van der Waals surface area contributed by atoms with E-state index in [0.717, 1.165) is 29.9 Å². The van der Waals surface area contributed by atoms with E-state index in [1.54, 1.807) is 12.1 Å². The maximum atomic E-state index is 13.1. The van der Waals surface area contributed by atoms with E-state index in [-0.39, 0.29) is 17.5 Å².